The highest BCUT2D eigenvalue weighted by atomic mass is 16.6. The van der Waals surface area contributed by atoms with Crippen LogP contribution >= 0.6 is 0 Å². The normalized spacial score (nSPS) is 13.0. The quantitative estimate of drug-likeness (QED) is 0.0347. The number of ether oxygens (including phenoxy) is 3. The van der Waals surface area contributed by atoms with Crippen LogP contribution in [0.4, 0.5) is 0 Å². The van der Waals surface area contributed by atoms with E-state index in [-0.39, 0.29) is 31.6 Å². The SMILES string of the molecule is CC/C=C\C/C=C\C/C=C\C/C=C\CCCCC(=O)OCC(COCCCCCCCCCCCCCCCCCCCC)OC(=O)CC/C=C\C/C=C\C/C=C\C/C=C\CC. The third-order valence-electron chi connectivity index (χ3n) is 10.6. The Morgan fingerprint density at radius 2 is 0.758 bits per heavy atom. The molecule has 354 valence electrons. The van der Waals surface area contributed by atoms with E-state index in [0.717, 1.165) is 83.5 Å². The zero-order valence-corrected chi connectivity index (χ0v) is 40.6. The molecule has 1 atom stereocenters. The third-order valence-corrected chi connectivity index (χ3v) is 10.6. The molecule has 0 aliphatic heterocycles. The number of hydrogen-bond donors (Lipinski definition) is 0. The summed E-state index contributed by atoms with van der Waals surface area (Å²) in [6.45, 7) is 7.48. The summed E-state index contributed by atoms with van der Waals surface area (Å²) in [5, 5.41) is 0. The number of allylic oxidation sites excluding steroid dienone is 16. The van der Waals surface area contributed by atoms with Gasteiger partial charge in [0.15, 0.2) is 6.10 Å². The minimum Gasteiger partial charge on any atom is -0.462 e. The van der Waals surface area contributed by atoms with Crippen molar-refractivity contribution in [2.24, 2.45) is 0 Å². The molecule has 0 saturated heterocycles. The summed E-state index contributed by atoms with van der Waals surface area (Å²) in [5.41, 5.74) is 0. The minimum absolute atomic E-state index is 0.0323. The lowest BCUT2D eigenvalue weighted by molar-refractivity contribution is -0.162. The van der Waals surface area contributed by atoms with Crippen molar-refractivity contribution in [3.8, 4) is 0 Å². The molecule has 0 aliphatic carbocycles. The van der Waals surface area contributed by atoms with Gasteiger partial charge in [-0.1, -0.05) is 227 Å². The molecule has 5 nitrogen and oxygen atoms in total. The first-order chi connectivity index (χ1) is 30.6. The van der Waals surface area contributed by atoms with Crippen LogP contribution < -0.4 is 0 Å². The Bertz CT molecular complexity index is 1200. The predicted molar refractivity (Wildman–Crippen MR) is 270 cm³/mol. The van der Waals surface area contributed by atoms with Gasteiger partial charge in [-0.15, -0.1) is 0 Å². The standard InChI is InChI=1S/C57H96O5/c1-4-7-10-13-16-19-22-25-27-28-29-31-34-37-40-43-46-49-52-60-53-55(62-57(59)51-48-45-42-39-36-32-24-21-18-15-12-9-6-3)54-61-56(58)50-47-44-41-38-35-33-30-26-23-20-17-14-11-8-5-2/h8-9,11-12,17-18,20-21,26,30,32,35-36,38,42,45,55H,4-7,10,13-16,19,22-25,27-29,31,33-34,37,39-41,43-44,46-54H2,1-3H3/b11-8-,12-9-,20-17-,21-18-,30-26-,36-32-,38-35-,45-42-. The molecule has 62 heavy (non-hydrogen) atoms. The lowest BCUT2D eigenvalue weighted by Gasteiger charge is -2.18. The van der Waals surface area contributed by atoms with Gasteiger partial charge in [-0.25, -0.2) is 0 Å². The molecule has 0 aromatic carbocycles. The summed E-state index contributed by atoms with van der Waals surface area (Å²) in [6.07, 6.45) is 70.1. The molecule has 5 heteroatoms. The highest BCUT2D eigenvalue weighted by Crippen LogP contribution is 2.15. The Balaban J connectivity index is 4.38. The van der Waals surface area contributed by atoms with Crippen LogP contribution in [0, 0.1) is 0 Å². The highest BCUT2D eigenvalue weighted by molar-refractivity contribution is 5.70. The van der Waals surface area contributed by atoms with Crippen LogP contribution in [-0.2, 0) is 23.8 Å². The van der Waals surface area contributed by atoms with Gasteiger partial charge in [0, 0.05) is 19.4 Å². The first-order valence-electron chi connectivity index (χ1n) is 25.8. The smallest absolute Gasteiger partial charge is 0.306 e. The molecule has 1 unspecified atom stereocenters. The zero-order valence-electron chi connectivity index (χ0n) is 40.6. The van der Waals surface area contributed by atoms with Gasteiger partial charge in [0.05, 0.1) is 6.61 Å². The van der Waals surface area contributed by atoms with Crippen LogP contribution in [0.5, 0.6) is 0 Å². The first kappa shape index (κ1) is 58.8. The van der Waals surface area contributed by atoms with Gasteiger partial charge in [0.25, 0.3) is 0 Å². The fraction of sp³-hybridized carbons (Fsp3) is 0.684. The molecule has 0 bridgehead atoms. The maximum atomic E-state index is 12.7. The summed E-state index contributed by atoms with van der Waals surface area (Å²) in [7, 11) is 0. The van der Waals surface area contributed by atoms with Gasteiger partial charge in [-0.05, 0) is 83.5 Å². The van der Waals surface area contributed by atoms with E-state index in [0.29, 0.717) is 19.4 Å². The maximum absolute atomic E-state index is 12.7. The van der Waals surface area contributed by atoms with E-state index in [1.54, 1.807) is 0 Å². The number of carbonyl (C=O) groups excluding carboxylic acids is 2. The van der Waals surface area contributed by atoms with E-state index in [1.807, 2.05) is 6.08 Å². The third kappa shape index (κ3) is 49.5. The molecule has 0 saturated carbocycles. The number of carbonyl (C=O) groups is 2. The van der Waals surface area contributed by atoms with Crippen LogP contribution in [-0.4, -0.2) is 37.9 Å². The molecule has 0 spiro atoms. The molecule has 0 aromatic heterocycles. The fourth-order valence-electron chi connectivity index (χ4n) is 6.87. The monoisotopic (exact) mass is 861 g/mol. The van der Waals surface area contributed by atoms with Crippen LogP contribution in [0.25, 0.3) is 0 Å². The number of unbranched alkanes of at least 4 members (excludes halogenated alkanes) is 19. The van der Waals surface area contributed by atoms with Gasteiger partial charge in [-0.3, -0.25) is 9.59 Å². The zero-order chi connectivity index (χ0) is 44.9. The number of rotatable bonds is 46. The van der Waals surface area contributed by atoms with Crippen molar-refractivity contribution >= 4 is 11.9 Å². The van der Waals surface area contributed by atoms with Gasteiger partial charge >= 0.3 is 11.9 Å². The summed E-state index contributed by atoms with van der Waals surface area (Å²) in [5.74, 6) is -0.539. The lowest BCUT2D eigenvalue weighted by Crippen LogP contribution is -2.30. The summed E-state index contributed by atoms with van der Waals surface area (Å²) >= 11 is 0. The second-order valence-corrected chi connectivity index (χ2v) is 16.7. The van der Waals surface area contributed by atoms with Gasteiger partial charge < -0.3 is 14.2 Å². The van der Waals surface area contributed by atoms with E-state index in [2.05, 4.69) is 112 Å². The Morgan fingerprint density at radius 3 is 1.19 bits per heavy atom. The van der Waals surface area contributed by atoms with Crippen molar-refractivity contribution in [3.63, 3.8) is 0 Å². The van der Waals surface area contributed by atoms with E-state index in [1.165, 1.54) is 103 Å². The average Bonchev–Trinajstić information content (AvgIpc) is 3.27. The van der Waals surface area contributed by atoms with Gasteiger partial charge in [0.1, 0.15) is 6.61 Å². The van der Waals surface area contributed by atoms with Crippen molar-refractivity contribution in [2.75, 3.05) is 19.8 Å². The second-order valence-electron chi connectivity index (χ2n) is 16.7. The van der Waals surface area contributed by atoms with E-state index in [9.17, 15) is 9.59 Å². The summed E-state index contributed by atoms with van der Waals surface area (Å²) in [4.78, 5) is 25.3. The second kappa shape index (κ2) is 52.2. The fourth-order valence-corrected chi connectivity index (χ4v) is 6.87. The molecular formula is C57H96O5. The molecule has 0 aromatic rings. The largest absolute Gasteiger partial charge is 0.462 e. The van der Waals surface area contributed by atoms with E-state index in [4.69, 9.17) is 14.2 Å². The summed E-state index contributed by atoms with van der Waals surface area (Å²) in [6, 6.07) is 0. The Hall–Kier alpha value is -3.18. The molecule has 0 aliphatic rings. The predicted octanol–water partition coefficient (Wildman–Crippen LogP) is 17.5. The van der Waals surface area contributed by atoms with Crippen LogP contribution in [0.1, 0.15) is 226 Å². The molecule has 0 rings (SSSR count). The highest BCUT2D eigenvalue weighted by Gasteiger charge is 2.17. The topological polar surface area (TPSA) is 61.8 Å². The van der Waals surface area contributed by atoms with Gasteiger partial charge in [0.2, 0.25) is 0 Å². The molecule has 0 N–H and O–H groups in total. The van der Waals surface area contributed by atoms with Crippen molar-refractivity contribution in [1.29, 1.82) is 0 Å². The van der Waals surface area contributed by atoms with Crippen molar-refractivity contribution in [1.82, 2.24) is 0 Å². The Morgan fingerprint density at radius 1 is 0.371 bits per heavy atom. The van der Waals surface area contributed by atoms with Crippen molar-refractivity contribution < 1.29 is 23.8 Å². The molecule has 0 heterocycles. The lowest BCUT2D eigenvalue weighted by atomic mass is 10.0. The van der Waals surface area contributed by atoms with Crippen LogP contribution in [0.3, 0.4) is 0 Å². The first-order valence-corrected chi connectivity index (χ1v) is 25.8. The number of hydrogen-bond acceptors (Lipinski definition) is 5. The van der Waals surface area contributed by atoms with E-state index >= 15 is 0 Å². The van der Waals surface area contributed by atoms with Gasteiger partial charge in [-0.2, -0.15) is 0 Å². The van der Waals surface area contributed by atoms with Crippen molar-refractivity contribution in [3.05, 3.63) is 97.2 Å². The maximum Gasteiger partial charge on any atom is 0.306 e. The summed E-state index contributed by atoms with van der Waals surface area (Å²) < 4.78 is 17.3. The molecule has 0 amide bonds. The molecular weight excluding hydrogens is 765 g/mol. The molecule has 0 fully saturated rings. The van der Waals surface area contributed by atoms with Crippen molar-refractivity contribution in [2.45, 2.75) is 232 Å². The average molecular weight is 861 g/mol. The Kier molecular flexibility index (Phi) is 49.5. The minimum atomic E-state index is -0.594. The van der Waals surface area contributed by atoms with Crippen LogP contribution in [0.15, 0.2) is 97.2 Å². The van der Waals surface area contributed by atoms with Crippen LogP contribution in [0.2, 0.25) is 0 Å². The number of esters is 2. The Labute approximate surface area is 383 Å². The van der Waals surface area contributed by atoms with E-state index < -0.39 is 6.10 Å². The molecule has 0 radical (unpaired) electrons.